The third kappa shape index (κ3) is 3.43. The standard InChI is InChI=1S/C12H20N8O/c1-4-7-21-12-16-10(18-13)15-11(17-12)20-9(6-3)14-8(5-2)19-20/h4-7,13H2,1-3H3,(H,15,16,17,18). The number of anilines is 1. The zero-order chi connectivity index (χ0) is 15.2. The van der Waals surface area contributed by atoms with Crippen molar-refractivity contribution < 1.29 is 4.74 Å². The second kappa shape index (κ2) is 6.93. The Bertz CT molecular complexity index is 597. The van der Waals surface area contributed by atoms with Crippen LogP contribution in [0.25, 0.3) is 5.95 Å². The fraction of sp³-hybridized carbons (Fsp3) is 0.583. The molecule has 2 heterocycles. The van der Waals surface area contributed by atoms with Crippen molar-refractivity contribution in [1.29, 1.82) is 0 Å². The van der Waals surface area contributed by atoms with Crippen LogP contribution in [0.5, 0.6) is 6.01 Å². The molecule has 9 heteroatoms. The number of nitrogens with one attached hydrogen (secondary N) is 1. The summed E-state index contributed by atoms with van der Waals surface area (Å²) < 4.78 is 7.04. The predicted molar refractivity (Wildman–Crippen MR) is 77.1 cm³/mol. The molecule has 2 rings (SSSR count). The maximum absolute atomic E-state index is 5.45. The minimum Gasteiger partial charge on any atom is -0.463 e. The fourth-order valence-corrected chi connectivity index (χ4v) is 1.69. The highest BCUT2D eigenvalue weighted by molar-refractivity contribution is 5.29. The van der Waals surface area contributed by atoms with Crippen LogP contribution in [0.15, 0.2) is 0 Å². The molecule has 2 aromatic heterocycles. The van der Waals surface area contributed by atoms with Crippen molar-refractivity contribution in [2.24, 2.45) is 5.84 Å². The number of ether oxygens (including phenoxy) is 1. The van der Waals surface area contributed by atoms with Crippen LogP contribution >= 0.6 is 0 Å². The minimum atomic E-state index is 0.213. The molecule has 2 aromatic rings. The summed E-state index contributed by atoms with van der Waals surface area (Å²) in [6.45, 7) is 6.52. The lowest BCUT2D eigenvalue weighted by atomic mass is 10.4. The van der Waals surface area contributed by atoms with Crippen LogP contribution in [-0.4, -0.2) is 36.3 Å². The average Bonchev–Trinajstić information content (AvgIpc) is 2.96. The maximum atomic E-state index is 5.45. The van der Waals surface area contributed by atoms with Crippen LogP contribution in [-0.2, 0) is 12.8 Å². The van der Waals surface area contributed by atoms with Gasteiger partial charge in [0.15, 0.2) is 5.82 Å². The van der Waals surface area contributed by atoms with Gasteiger partial charge >= 0.3 is 6.01 Å². The van der Waals surface area contributed by atoms with E-state index < -0.39 is 0 Å². The van der Waals surface area contributed by atoms with E-state index in [2.05, 4.69) is 30.5 Å². The number of aryl methyl sites for hydroxylation is 2. The lowest BCUT2D eigenvalue weighted by Crippen LogP contribution is -2.16. The van der Waals surface area contributed by atoms with Gasteiger partial charge in [0.25, 0.3) is 5.95 Å². The van der Waals surface area contributed by atoms with Gasteiger partial charge in [-0.1, -0.05) is 20.8 Å². The molecule has 0 aliphatic rings. The molecule has 0 saturated heterocycles. The number of nitrogens with zero attached hydrogens (tertiary/aromatic N) is 6. The van der Waals surface area contributed by atoms with Gasteiger partial charge < -0.3 is 4.74 Å². The summed E-state index contributed by atoms with van der Waals surface area (Å²) in [5, 5.41) is 4.40. The van der Waals surface area contributed by atoms with E-state index in [1.54, 1.807) is 4.68 Å². The summed E-state index contributed by atoms with van der Waals surface area (Å²) >= 11 is 0. The lowest BCUT2D eigenvalue weighted by Gasteiger charge is -2.08. The molecule has 0 atom stereocenters. The lowest BCUT2D eigenvalue weighted by molar-refractivity contribution is 0.291. The highest BCUT2D eigenvalue weighted by Gasteiger charge is 2.14. The van der Waals surface area contributed by atoms with E-state index in [-0.39, 0.29) is 12.0 Å². The molecule has 0 amide bonds. The molecule has 0 radical (unpaired) electrons. The number of rotatable bonds is 7. The van der Waals surface area contributed by atoms with E-state index in [0.29, 0.717) is 12.6 Å². The molecule has 0 aliphatic heterocycles. The van der Waals surface area contributed by atoms with Gasteiger partial charge in [-0.05, 0) is 6.42 Å². The molecule has 0 unspecified atom stereocenters. The summed E-state index contributed by atoms with van der Waals surface area (Å²) in [6, 6.07) is 0.213. The smallest absolute Gasteiger partial charge is 0.323 e. The van der Waals surface area contributed by atoms with Gasteiger partial charge in [-0.2, -0.15) is 19.6 Å². The predicted octanol–water partition coefficient (Wildman–Crippen LogP) is 0.651. The Labute approximate surface area is 123 Å². The molecule has 0 aliphatic carbocycles. The second-order valence-corrected chi connectivity index (χ2v) is 4.30. The Hall–Kier alpha value is -2.29. The van der Waals surface area contributed by atoms with Crippen LogP contribution < -0.4 is 16.0 Å². The molecule has 114 valence electrons. The zero-order valence-corrected chi connectivity index (χ0v) is 12.5. The van der Waals surface area contributed by atoms with Crippen molar-refractivity contribution in [1.82, 2.24) is 29.7 Å². The van der Waals surface area contributed by atoms with E-state index in [1.807, 2.05) is 20.8 Å². The number of nitrogens with two attached hydrogens (primary N) is 1. The summed E-state index contributed by atoms with van der Waals surface area (Å²) in [4.78, 5) is 17.0. The van der Waals surface area contributed by atoms with Gasteiger partial charge in [-0.15, -0.1) is 5.10 Å². The third-order valence-corrected chi connectivity index (χ3v) is 2.71. The van der Waals surface area contributed by atoms with Gasteiger partial charge in [-0.3, -0.25) is 5.43 Å². The van der Waals surface area contributed by atoms with E-state index in [1.165, 1.54) is 0 Å². The number of nitrogen functional groups attached to an aromatic ring is 1. The van der Waals surface area contributed by atoms with Crippen LogP contribution in [0.4, 0.5) is 5.95 Å². The molecule has 0 bridgehead atoms. The summed E-state index contributed by atoms with van der Waals surface area (Å²) in [5.74, 6) is 7.48. The second-order valence-electron chi connectivity index (χ2n) is 4.30. The van der Waals surface area contributed by atoms with Crippen molar-refractivity contribution in [2.45, 2.75) is 40.0 Å². The van der Waals surface area contributed by atoms with Crippen molar-refractivity contribution >= 4 is 5.95 Å². The number of hydrogen-bond acceptors (Lipinski definition) is 8. The normalized spacial score (nSPS) is 10.7. The largest absolute Gasteiger partial charge is 0.463 e. The monoisotopic (exact) mass is 292 g/mol. The van der Waals surface area contributed by atoms with E-state index in [4.69, 9.17) is 10.6 Å². The number of hydrogen-bond donors (Lipinski definition) is 2. The molecule has 0 saturated carbocycles. The van der Waals surface area contributed by atoms with Gasteiger partial charge in [0.1, 0.15) is 5.82 Å². The summed E-state index contributed by atoms with van der Waals surface area (Å²) in [6.07, 6.45) is 2.32. The first-order valence-electron chi connectivity index (χ1n) is 7.02. The van der Waals surface area contributed by atoms with Crippen LogP contribution in [0.1, 0.15) is 38.8 Å². The Morgan fingerprint density at radius 2 is 1.90 bits per heavy atom. The molecular formula is C12H20N8O. The quantitative estimate of drug-likeness (QED) is 0.564. The van der Waals surface area contributed by atoms with Gasteiger partial charge in [0.2, 0.25) is 5.95 Å². The maximum Gasteiger partial charge on any atom is 0.323 e. The zero-order valence-electron chi connectivity index (χ0n) is 12.5. The fourth-order valence-electron chi connectivity index (χ4n) is 1.69. The Morgan fingerprint density at radius 1 is 1.10 bits per heavy atom. The number of aromatic nitrogens is 6. The molecule has 0 aromatic carbocycles. The summed E-state index contributed by atoms with van der Waals surface area (Å²) in [5.41, 5.74) is 2.41. The van der Waals surface area contributed by atoms with Crippen LogP contribution in [0, 0.1) is 0 Å². The van der Waals surface area contributed by atoms with E-state index in [0.717, 1.165) is 30.9 Å². The SMILES string of the molecule is CCCOc1nc(NN)nc(-n2nc(CC)nc2CC)n1. The van der Waals surface area contributed by atoms with E-state index >= 15 is 0 Å². The minimum absolute atomic E-state index is 0.213. The van der Waals surface area contributed by atoms with Crippen molar-refractivity contribution in [3.8, 4) is 12.0 Å². The van der Waals surface area contributed by atoms with E-state index in [9.17, 15) is 0 Å². The first-order valence-corrected chi connectivity index (χ1v) is 7.02. The third-order valence-electron chi connectivity index (χ3n) is 2.71. The van der Waals surface area contributed by atoms with Crippen LogP contribution in [0.2, 0.25) is 0 Å². The summed E-state index contributed by atoms with van der Waals surface area (Å²) in [7, 11) is 0. The Balaban J connectivity index is 2.44. The first-order chi connectivity index (χ1) is 10.2. The highest BCUT2D eigenvalue weighted by atomic mass is 16.5. The van der Waals surface area contributed by atoms with Crippen molar-refractivity contribution in [2.75, 3.05) is 12.0 Å². The van der Waals surface area contributed by atoms with Crippen LogP contribution in [0.3, 0.4) is 0 Å². The van der Waals surface area contributed by atoms with Gasteiger partial charge in [0, 0.05) is 12.8 Å². The highest BCUT2D eigenvalue weighted by Crippen LogP contribution is 2.12. The molecule has 21 heavy (non-hydrogen) atoms. The Morgan fingerprint density at radius 3 is 2.52 bits per heavy atom. The first kappa shape index (κ1) is 15.1. The molecule has 9 nitrogen and oxygen atoms in total. The molecule has 0 fully saturated rings. The van der Waals surface area contributed by atoms with Gasteiger partial charge in [-0.25, -0.2) is 10.8 Å². The topological polar surface area (TPSA) is 117 Å². The molecule has 3 N–H and O–H groups in total. The number of hydrazine groups is 1. The average molecular weight is 292 g/mol. The Kier molecular flexibility index (Phi) is 4.99. The van der Waals surface area contributed by atoms with Gasteiger partial charge in [0.05, 0.1) is 6.61 Å². The van der Waals surface area contributed by atoms with Crippen molar-refractivity contribution in [3.05, 3.63) is 11.6 Å². The molecule has 0 spiro atoms. The molecular weight excluding hydrogens is 272 g/mol. The van der Waals surface area contributed by atoms with Crippen molar-refractivity contribution in [3.63, 3.8) is 0 Å².